The molecular formula is C14H19NO. The van der Waals surface area contributed by atoms with Crippen molar-refractivity contribution >= 4 is 5.78 Å². The summed E-state index contributed by atoms with van der Waals surface area (Å²) in [5.41, 5.74) is 1.21. The van der Waals surface area contributed by atoms with E-state index in [1.807, 2.05) is 6.08 Å². The smallest absolute Gasteiger partial charge is 0.179 e. The number of ketones is 1. The van der Waals surface area contributed by atoms with Crippen LogP contribution in [0.4, 0.5) is 0 Å². The molecule has 0 radical (unpaired) electrons. The Morgan fingerprint density at radius 1 is 1.44 bits per heavy atom. The molecule has 0 aromatic carbocycles. The van der Waals surface area contributed by atoms with Crippen molar-refractivity contribution in [3.05, 3.63) is 11.8 Å². The van der Waals surface area contributed by atoms with Gasteiger partial charge in [0.1, 0.15) is 0 Å². The fourth-order valence-corrected chi connectivity index (χ4v) is 2.22. The molecule has 0 aromatic heterocycles. The van der Waals surface area contributed by atoms with Gasteiger partial charge in [0.25, 0.3) is 0 Å². The van der Waals surface area contributed by atoms with Gasteiger partial charge >= 0.3 is 0 Å². The molecule has 2 rings (SSSR count). The Kier molecular flexibility index (Phi) is 3.66. The van der Waals surface area contributed by atoms with Crippen molar-refractivity contribution in [2.45, 2.75) is 51.5 Å². The SMILES string of the molecule is CCCCC#CCCC1=CC(=O)C2CCN12. The standard InChI is InChI=1S/C14H19NO/c1-2-3-4-5-6-7-8-12-11-14(16)13-9-10-15(12)13/h11,13H,2-4,7-10H2,1H3. The molecule has 2 nitrogen and oxygen atoms in total. The average molecular weight is 217 g/mol. The molecule has 2 heterocycles. The quantitative estimate of drug-likeness (QED) is 0.532. The van der Waals surface area contributed by atoms with Crippen molar-refractivity contribution < 1.29 is 4.79 Å². The highest BCUT2D eigenvalue weighted by molar-refractivity contribution is 5.98. The van der Waals surface area contributed by atoms with Crippen LogP contribution in [0.1, 0.15) is 45.4 Å². The molecule has 0 saturated carbocycles. The molecule has 1 unspecified atom stereocenters. The third-order valence-electron chi connectivity index (χ3n) is 3.31. The minimum Gasteiger partial charge on any atom is -0.364 e. The first-order chi connectivity index (χ1) is 7.83. The van der Waals surface area contributed by atoms with Gasteiger partial charge in [0.05, 0.1) is 6.04 Å². The third kappa shape index (κ3) is 2.29. The second-order valence-corrected chi connectivity index (χ2v) is 4.49. The van der Waals surface area contributed by atoms with Crippen LogP contribution in [0.2, 0.25) is 0 Å². The molecule has 0 N–H and O–H groups in total. The molecule has 1 fully saturated rings. The van der Waals surface area contributed by atoms with Crippen molar-refractivity contribution in [2.24, 2.45) is 0 Å². The van der Waals surface area contributed by atoms with Gasteiger partial charge < -0.3 is 4.90 Å². The van der Waals surface area contributed by atoms with Crippen LogP contribution in [0.3, 0.4) is 0 Å². The predicted octanol–water partition coefficient (Wildman–Crippen LogP) is 2.50. The number of rotatable bonds is 4. The van der Waals surface area contributed by atoms with Crippen LogP contribution in [0, 0.1) is 11.8 Å². The number of allylic oxidation sites excluding steroid dienone is 1. The van der Waals surface area contributed by atoms with Crippen LogP contribution in [-0.2, 0) is 4.79 Å². The molecule has 0 aromatic rings. The molecular weight excluding hydrogens is 198 g/mol. The van der Waals surface area contributed by atoms with Crippen molar-refractivity contribution in [3.63, 3.8) is 0 Å². The number of carbonyl (C=O) groups excluding carboxylic acids is 1. The Labute approximate surface area is 97.7 Å². The van der Waals surface area contributed by atoms with Crippen LogP contribution in [-0.4, -0.2) is 23.3 Å². The topological polar surface area (TPSA) is 20.3 Å². The van der Waals surface area contributed by atoms with Gasteiger partial charge in [-0.3, -0.25) is 4.79 Å². The van der Waals surface area contributed by atoms with E-state index in [-0.39, 0.29) is 6.04 Å². The highest BCUT2D eigenvalue weighted by Crippen LogP contribution is 2.32. The summed E-state index contributed by atoms with van der Waals surface area (Å²) in [4.78, 5) is 13.7. The van der Waals surface area contributed by atoms with E-state index in [1.54, 1.807) is 0 Å². The maximum Gasteiger partial charge on any atom is 0.179 e. The minimum atomic E-state index is 0.197. The molecule has 1 atom stereocenters. The number of carbonyl (C=O) groups is 1. The lowest BCUT2D eigenvalue weighted by atomic mass is 10.0. The van der Waals surface area contributed by atoms with Gasteiger partial charge in [0.15, 0.2) is 5.78 Å². The van der Waals surface area contributed by atoms with Crippen molar-refractivity contribution in [1.29, 1.82) is 0 Å². The van der Waals surface area contributed by atoms with Crippen molar-refractivity contribution in [2.75, 3.05) is 6.54 Å². The molecule has 16 heavy (non-hydrogen) atoms. The van der Waals surface area contributed by atoms with Gasteiger partial charge in [-0.15, -0.1) is 11.8 Å². The zero-order valence-corrected chi connectivity index (χ0v) is 9.96. The number of unbranched alkanes of at least 4 members (excludes halogenated alkanes) is 2. The highest BCUT2D eigenvalue weighted by atomic mass is 16.1. The first kappa shape index (κ1) is 11.3. The highest BCUT2D eigenvalue weighted by Gasteiger charge is 2.38. The Morgan fingerprint density at radius 2 is 2.25 bits per heavy atom. The average Bonchev–Trinajstić information content (AvgIpc) is 2.41. The van der Waals surface area contributed by atoms with E-state index in [4.69, 9.17) is 0 Å². The van der Waals surface area contributed by atoms with Gasteiger partial charge in [0, 0.05) is 31.2 Å². The Balaban J connectivity index is 1.72. The summed E-state index contributed by atoms with van der Waals surface area (Å²) in [5, 5.41) is 0. The lowest BCUT2D eigenvalue weighted by molar-refractivity contribution is -0.120. The van der Waals surface area contributed by atoms with E-state index in [2.05, 4.69) is 23.7 Å². The van der Waals surface area contributed by atoms with Crippen LogP contribution in [0.5, 0.6) is 0 Å². The molecule has 1 saturated heterocycles. The maximum atomic E-state index is 11.5. The molecule has 0 bridgehead atoms. The summed E-state index contributed by atoms with van der Waals surface area (Å²) in [6.45, 7) is 3.24. The van der Waals surface area contributed by atoms with Crippen LogP contribution < -0.4 is 0 Å². The summed E-state index contributed by atoms with van der Waals surface area (Å²) in [6, 6.07) is 0.197. The monoisotopic (exact) mass is 217 g/mol. The number of fused-ring (bicyclic) bond motifs is 1. The summed E-state index contributed by atoms with van der Waals surface area (Å²) in [6.07, 6.45) is 8.13. The summed E-state index contributed by atoms with van der Waals surface area (Å²) < 4.78 is 0. The normalized spacial score (nSPS) is 22.1. The molecule has 2 heteroatoms. The lowest BCUT2D eigenvalue weighted by Gasteiger charge is -2.38. The van der Waals surface area contributed by atoms with Gasteiger partial charge in [-0.2, -0.15) is 0 Å². The molecule has 0 aliphatic carbocycles. The van der Waals surface area contributed by atoms with E-state index in [0.29, 0.717) is 5.78 Å². The number of nitrogens with zero attached hydrogens (tertiary/aromatic N) is 1. The second kappa shape index (κ2) is 5.21. The first-order valence-corrected chi connectivity index (χ1v) is 6.29. The summed E-state index contributed by atoms with van der Waals surface area (Å²) >= 11 is 0. The fraction of sp³-hybridized carbons (Fsp3) is 0.643. The number of hydrogen-bond donors (Lipinski definition) is 0. The zero-order chi connectivity index (χ0) is 11.4. The molecule has 0 amide bonds. The molecule has 86 valence electrons. The van der Waals surface area contributed by atoms with Crippen LogP contribution in [0.25, 0.3) is 0 Å². The Hall–Kier alpha value is -1.23. The molecule has 0 spiro atoms. The molecule has 2 aliphatic rings. The minimum absolute atomic E-state index is 0.197. The van der Waals surface area contributed by atoms with E-state index < -0.39 is 0 Å². The zero-order valence-electron chi connectivity index (χ0n) is 9.96. The summed E-state index contributed by atoms with van der Waals surface area (Å²) in [5.74, 6) is 6.68. The van der Waals surface area contributed by atoms with E-state index in [0.717, 1.165) is 32.2 Å². The van der Waals surface area contributed by atoms with Gasteiger partial charge in [-0.25, -0.2) is 0 Å². The van der Waals surface area contributed by atoms with Crippen molar-refractivity contribution in [3.8, 4) is 11.8 Å². The second-order valence-electron chi connectivity index (χ2n) is 4.49. The fourth-order valence-electron chi connectivity index (χ4n) is 2.22. The largest absolute Gasteiger partial charge is 0.364 e. The van der Waals surface area contributed by atoms with Gasteiger partial charge in [0.2, 0.25) is 0 Å². The lowest BCUT2D eigenvalue weighted by Crippen LogP contribution is -2.46. The van der Waals surface area contributed by atoms with Crippen LogP contribution >= 0.6 is 0 Å². The Bertz CT molecular complexity index is 359. The van der Waals surface area contributed by atoms with Crippen LogP contribution in [0.15, 0.2) is 11.8 Å². The van der Waals surface area contributed by atoms with E-state index >= 15 is 0 Å². The third-order valence-corrected chi connectivity index (χ3v) is 3.31. The van der Waals surface area contributed by atoms with Gasteiger partial charge in [-0.05, 0) is 19.3 Å². The van der Waals surface area contributed by atoms with Gasteiger partial charge in [-0.1, -0.05) is 13.3 Å². The van der Waals surface area contributed by atoms with E-state index in [9.17, 15) is 4.79 Å². The Morgan fingerprint density at radius 3 is 2.88 bits per heavy atom. The first-order valence-electron chi connectivity index (χ1n) is 6.29. The number of hydrogen-bond acceptors (Lipinski definition) is 2. The summed E-state index contributed by atoms with van der Waals surface area (Å²) in [7, 11) is 0. The van der Waals surface area contributed by atoms with Crippen molar-refractivity contribution in [1.82, 2.24) is 4.90 Å². The molecule has 2 aliphatic heterocycles. The van der Waals surface area contributed by atoms with E-state index in [1.165, 1.54) is 18.5 Å². The maximum absolute atomic E-state index is 11.5. The predicted molar refractivity (Wildman–Crippen MR) is 64.7 cm³/mol.